The van der Waals surface area contributed by atoms with Gasteiger partial charge in [0.2, 0.25) is 0 Å². The van der Waals surface area contributed by atoms with Crippen molar-refractivity contribution in [1.82, 2.24) is 14.8 Å². The lowest BCUT2D eigenvalue weighted by atomic mass is 10.1. The molecule has 0 saturated heterocycles. The number of hydrogen-bond donors (Lipinski definition) is 1. The second kappa shape index (κ2) is 4.31. The van der Waals surface area contributed by atoms with Crippen molar-refractivity contribution in [3.8, 4) is 0 Å². The van der Waals surface area contributed by atoms with Gasteiger partial charge in [-0.25, -0.2) is 0 Å². The van der Waals surface area contributed by atoms with Crippen molar-refractivity contribution in [3.05, 3.63) is 11.6 Å². The van der Waals surface area contributed by atoms with Gasteiger partial charge in [-0.2, -0.15) is 0 Å². The van der Waals surface area contributed by atoms with Crippen LogP contribution in [0.3, 0.4) is 0 Å². The molecule has 0 aliphatic heterocycles. The maximum Gasteiger partial charge on any atom is 0.147 e. The highest BCUT2D eigenvalue weighted by Gasteiger charge is 2.30. The second-order valence-corrected chi connectivity index (χ2v) is 4.47. The summed E-state index contributed by atoms with van der Waals surface area (Å²) < 4.78 is 2.28. The van der Waals surface area contributed by atoms with Gasteiger partial charge >= 0.3 is 0 Å². The van der Waals surface area contributed by atoms with Gasteiger partial charge in [0.1, 0.15) is 11.6 Å². The van der Waals surface area contributed by atoms with Gasteiger partial charge in [-0.15, -0.1) is 10.2 Å². The Balaban J connectivity index is 2.25. The van der Waals surface area contributed by atoms with Crippen LogP contribution in [0.15, 0.2) is 0 Å². The van der Waals surface area contributed by atoms with Crippen LogP contribution < -0.4 is 5.73 Å². The largest absolute Gasteiger partial charge is 0.324 e. The van der Waals surface area contributed by atoms with E-state index in [9.17, 15) is 0 Å². The van der Waals surface area contributed by atoms with Crippen molar-refractivity contribution < 1.29 is 0 Å². The quantitative estimate of drug-likeness (QED) is 0.805. The molecule has 4 nitrogen and oxygen atoms in total. The van der Waals surface area contributed by atoms with E-state index in [0.717, 1.165) is 11.6 Å². The van der Waals surface area contributed by atoms with E-state index in [2.05, 4.69) is 28.6 Å². The zero-order valence-corrected chi connectivity index (χ0v) is 9.61. The van der Waals surface area contributed by atoms with Gasteiger partial charge < -0.3 is 10.3 Å². The first-order valence-corrected chi connectivity index (χ1v) is 5.91. The van der Waals surface area contributed by atoms with E-state index in [1.165, 1.54) is 25.7 Å². The molecule has 0 aromatic carbocycles. The fraction of sp³-hybridized carbons (Fsp3) is 0.818. The van der Waals surface area contributed by atoms with Gasteiger partial charge in [-0.3, -0.25) is 0 Å². The van der Waals surface area contributed by atoms with E-state index >= 15 is 0 Å². The molecule has 2 rings (SSSR count). The van der Waals surface area contributed by atoms with Gasteiger partial charge in [0.25, 0.3) is 0 Å². The molecule has 1 atom stereocenters. The molecule has 1 unspecified atom stereocenters. The Morgan fingerprint density at radius 3 is 2.73 bits per heavy atom. The Labute approximate surface area is 90.9 Å². The SMILES string of the molecule is CCCC(C)c1nnc(CN)n1C1CC1. The second-order valence-electron chi connectivity index (χ2n) is 4.47. The first-order valence-electron chi connectivity index (χ1n) is 5.91. The number of nitrogens with zero attached hydrogens (tertiary/aromatic N) is 3. The zero-order valence-electron chi connectivity index (χ0n) is 9.61. The van der Waals surface area contributed by atoms with Gasteiger partial charge in [0.05, 0.1) is 6.54 Å². The van der Waals surface area contributed by atoms with Gasteiger partial charge in [0, 0.05) is 12.0 Å². The Kier molecular flexibility index (Phi) is 3.05. The molecule has 1 aromatic heterocycles. The van der Waals surface area contributed by atoms with E-state index in [1.54, 1.807) is 0 Å². The van der Waals surface area contributed by atoms with Crippen LogP contribution in [0.4, 0.5) is 0 Å². The highest BCUT2D eigenvalue weighted by atomic mass is 15.3. The average Bonchev–Trinajstić information content (AvgIpc) is 2.97. The van der Waals surface area contributed by atoms with E-state index in [-0.39, 0.29) is 0 Å². The molecule has 1 fully saturated rings. The van der Waals surface area contributed by atoms with Crippen molar-refractivity contribution in [1.29, 1.82) is 0 Å². The highest BCUT2D eigenvalue weighted by Crippen LogP contribution is 2.38. The Morgan fingerprint density at radius 2 is 2.20 bits per heavy atom. The maximum atomic E-state index is 5.68. The molecular formula is C11H20N4. The minimum absolute atomic E-state index is 0.502. The standard InChI is InChI=1S/C11H20N4/c1-3-4-8(2)11-14-13-10(7-12)15(11)9-5-6-9/h8-9H,3-7,12H2,1-2H3. The van der Waals surface area contributed by atoms with Gasteiger partial charge in [0.15, 0.2) is 0 Å². The van der Waals surface area contributed by atoms with Crippen LogP contribution in [0.2, 0.25) is 0 Å². The van der Waals surface area contributed by atoms with Crippen LogP contribution in [0.25, 0.3) is 0 Å². The third-order valence-electron chi connectivity index (χ3n) is 3.05. The summed E-state index contributed by atoms with van der Waals surface area (Å²) in [5, 5.41) is 8.49. The molecule has 0 bridgehead atoms. The number of hydrogen-bond acceptors (Lipinski definition) is 3. The van der Waals surface area contributed by atoms with E-state index in [1.807, 2.05) is 0 Å². The topological polar surface area (TPSA) is 56.7 Å². The molecule has 15 heavy (non-hydrogen) atoms. The minimum atomic E-state index is 0.502. The molecule has 84 valence electrons. The highest BCUT2D eigenvalue weighted by molar-refractivity contribution is 5.06. The molecule has 4 heteroatoms. The normalized spacial score (nSPS) is 18.1. The van der Waals surface area contributed by atoms with E-state index in [0.29, 0.717) is 18.5 Å². The van der Waals surface area contributed by atoms with Crippen LogP contribution in [0, 0.1) is 0 Å². The fourth-order valence-electron chi connectivity index (χ4n) is 2.11. The summed E-state index contributed by atoms with van der Waals surface area (Å²) in [5.74, 6) is 2.60. The lowest BCUT2D eigenvalue weighted by Crippen LogP contribution is -2.11. The smallest absolute Gasteiger partial charge is 0.147 e. The van der Waals surface area contributed by atoms with Crippen molar-refractivity contribution in [3.63, 3.8) is 0 Å². The van der Waals surface area contributed by atoms with Crippen LogP contribution in [0.5, 0.6) is 0 Å². The number of aromatic nitrogens is 3. The molecule has 0 radical (unpaired) electrons. The molecule has 2 N–H and O–H groups in total. The first-order chi connectivity index (χ1) is 7.27. The predicted molar refractivity (Wildman–Crippen MR) is 59.5 cm³/mol. The van der Waals surface area contributed by atoms with Gasteiger partial charge in [-0.05, 0) is 19.3 Å². The lowest BCUT2D eigenvalue weighted by molar-refractivity contribution is 0.561. The average molecular weight is 208 g/mol. The summed E-state index contributed by atoms with van der Waals surface area (Å²) in [4.78, 5) is 0. The maximum absolute atomic E-state index is 5.68. The molecule has 1 aromatic rings. The summed E-state index contributed by atoms with van der Waals surface area (Å²) in [6, 6.07) is 0.632. The molecular weight excluding hydrogens is 188 g/mol. The summed E-state index contributed by atoms with van der Waals surface area (Å²) in [7, 11) is 0. The van der Waals surface area contributed by atoms with Crippen molar-refractivity contribution >= 4 is 0 Å². The van der Waals surface area contributed by atoms with Crippen molar-refractivity contribution in [2.75, 3.05) is 0 Å². The van der Waals surface area contributed by atoms with Crippen LogP contribution in [-0.2, 0) is 6.54 Å². The molecule has 1 saturated carbocycles. The lowest BCUT2D eigenvalue weighted by Gasteiger charge is -2.12. The van der Waals surface area contributed by atoms with Crippen LogP contribution in [-0.4, -0.2) is 14.8 Å². The molecule has 1 aliphatic rings. The molecule has 1 heterocycles. The van der Waals surface area contributed by atoms with E-state index < -0.39 is 0 Å². The molecule has 0 amide bonds. The zero-order chi connectivity index (χ0) is 10.8. The predicted octanol–water partition coefficient (Wildman–Crippen LogP) is 1.98. The fourth-order valence-corrected chi connectivity index (χ4v) is 2.11. The van der Waals surface area contributed by atoms with Gasteiger partial charge in [-0.1, -0.05) is 20.3 Å². The number of rotatable bonds is 5. The first kappa shape index (κ1) is 10.6. The Hall–Kier alpha value is -0.900. The monoisotopic (exact) mass is 208 g/mol. The third kappa shape index (κ3) is 2.04. The molecule has 0 spiro atoms. The molecule has 1 aliphatic carbocycles. The third-order valence-corrected chi connectivity index (χ3v) is 3.05. The summed E-state index contributed by atoms with van der Waals surface area (Å²) >= 11 is 0. The Bertz CT molecular complexity index is 327. The minimum Gasteiger partial charge on any atom is -0.324 e. The van der Waals surface area contributed by atoms with E-state index in [4.69, 9.17) is 5.73 Å². The number of nitrogens with two attached hydrogens (primary N) is 1. The Morgan fingerprint density at radius 1 is 1.47 bits per heavy atom. The summed E-state index contributed by atoms with van der Waals surface area (Å²) in [5.41, 5.74) is 5.68. The summed E-state index contributed by atoms with van der Waals surface area (Å²) in [6.45, 7) is 4.94. The van der Waals surface area contributed by atoms with Crippen molar-refractivity contribution in [2.24, 2.45) is 5.73 Å². The summed E-state index contributed by atoms with van der Waals surface area (Å²) in [6.07, 6.45) is 4.89. The van der Waals surface area contributed by atoms with Crippen LogP contribution >= 0.6 is 0 Å². The van der Waals surface area contributed by atoms with Crippen molar-refractivity contribution in [2.45, 2.75) is 58.0 Å². The van der Waals surface area contributed by atoms with Crippen LogP contribution in [0.1, 0.15) is 63.1 Å².